The molecule has 1 aromatic heterocycles. The largest absolute Gasteiger partial charge is 0.284 e. The normalized spacial score (nSPS) is 12.6. The molecule has 48 heavy (non-hydrogen) atoms. The molecule has 0 amide bonds. The first kappa shape index (κ1) is 28.8. The molecule has 0 bridgehead atoms. The minimum Gasteiger partial charge on any atom is -0.284 e. The maximum Gasteiger partial charge on any atom is 0.0992 e. The molecule has 0 unspecified atom stereocenters. The van der Waals surface area contributed by atoms with E-state index in [2.05, 4.69) is 132 Å². The molecule has 2 heterocycles. The van der Waals surface area contributed by atoms with Crippen LogP contribution in [-0.2, 0) is 0 Å². The van der Waals surface area contributed by atoms with Crippen molar-refractivity contribution in [2.24, 2.45) is 4.99 Å². The van der Waals surface area contributed by atoms with Gasteiger partial charge in [0.2, 0.25) is 0 Å². The molecule has 6 aromatic carbocycles. The van der Waals surface area contributed by atoms with Gasteiger partial charge in [-0.05, 0) is 84.8 Å². The van der Waals surface area contributed by atoms with Crippen molar-refractivity contribution >= 4 is 27.3 Å². The van der Waals surface area contributed by atoms with E-state index in [1.54, 1.807) is 12.3 Å². The third kappa shape index (κ3) is 5.22. The van der Waals surface area contributed by atoms with Gasteiger partial charge in [-0.1, -0.05) is 115 Å². The van der Waals surface area contributed by atoms with Crippen LogP contribution in [0.15, 0.2) is 156 Å². The highest BCUT2D eigenvalue weighted by atomic mass is 14.7. The number of benzene rings is 6. The topological polar surface area (TPSA) is 72.8 Å². The van der Waals surface area contributed by atoms with E-state index in [0.29, 0.717) is 18.5 Å². The molecular formula is C44H28N4. The number of pyridine rings is 1. The third-order valence-corrected chi connectivity index (χ3v) is 9.08. The first-order valence-corrected chi connectivity index (χ1v) is 16.0. The quantitative estimate of drug-likeness (QED) is 0.182. The molecule has 1 aliphatic rings. The molecule has 0 atom stereocenters. The second-order valence-electron chi connectivity index (χ2n) is 11.9. The van der Waals surface area contributed by atoms with E-state index in [1.807, 2.05) is 18.2 Å². The maximum absolute atomic E-state index is 9.46. The smallest absolute Gasteiger partial charge is 0.0992 e. The number of hydrogen-bond acceptors (Lipinski definition) is 4. The summed E-state index contributed by atoms with van der Waals surface area (Å²) in [6.45, 7) is 0.638. The third-order valence-electron chi connectivity index (χ3n) is 9.08. The van der Waals surface area contributed by atoms with E-state index in [-0.39, 0.29) is 0 Å². The Labute approximate surface area is 279 Å². The lowest BCUT2D eigenvalue weighted by molar-refractivity contribution is 0.962. The zero-order valence-electron chi connectivity index (χ0n) is 26.1. The molecular weight excluding hydrogens is 585 g/mol. The van der Waals surface area contributed by atoms with Gasteiger partial charge < -0.3 is 0 Å². The molecule has 7 aromatic rings. The Morgan fingerprint density at radius 2 is 1.10 bits per heavy atom. The summed E-state index contributed by atoms with van der Waals surface area (Å²) in [5.74, 6) is 0. The highest BCUT2D eigenvalue weighted by Gasteiger charge is 2.18. The second-order valence-corrected chi connectivity index (χ2v) is 11.9. The summed E-state index contributed by atoms with van der Waals surface area (Å²) in [7, 11) is 0. The molecule has 0 spiro atoms. The number of fused-ring (bicyclic) bond motifs is 2. The molecule has 4 nitrogen and oxygen atoms in total. The summed E-state index contributed by atoms with van der Waals surface area (Å²) in [5, 5.41) is 23.5. The van der Waals surface area contributed by atoms with Gasteiger partial charge in [-0.2, -0.15) is 10.5 Å². The highest BCUT2D eigenvalue weighted by Crippen LogP contribution is 2.45. The number of dihydropyridines is 1. The monoisotopic (exact) mass is 612 g/mol. The Balaban J connectivity index is 1.34. The molecule has 4 heteroatoms. The Kier molecular flexibility index (Phi) is 7.38. The molecule has 224 valence electrons. The predicted molar refractivity (Wildman–Crippen MR) is 195 cm³/mol. The maximum atomic E-state index is 9.46. The Morgan fingerprint density at radius 1 is 0.500 bits per heavy atom. The van der Waals surface area contributed by atoms with Crippen LogP contribution in [0.5, 0.6) is 0 Å². The number of rotatable bonds is 5. The van der Waals surface area contributed by atoms with Gasteiger partial charge in [0, 0.05) is 30.3 Å². The fourth-order valence-electron chi connectivity index (χ4n) is 6.73. The number of nitrogens with zero attached hydrogens (tertiary/aromatic N) is 4. The van der Waals surface area contributed by atoms with Crippen molar-refractivity contribution in [1.82, 2.24) is 4.98 Å². The van der Waals surface area contributed by atoms with Gasteiger partial charge in [0.05, 0.1) is 29.1 Å². The number of hydrogen-bond donors (Lipinski definition) is 0. The summed E-state index contributed by atoms with van der Waals surface area (Å²) in [6.07, 6.45) is 4.28. The fourth-order valence-corrected chi connectivity index (χ4v) is 6.73. The van der Waals surface area contributed by atoms with Crippen LogP contribution >= 0.6 is 0 Å². The lowest BCUT2D eigenvalue weighted by Gasteiger charge is -2.19. The summed E-state index contributed by atoms with van der Waals surface area (Å²) >= 11 is 0. The van der Waals surface area contributed by atoms with Crippen molar-refractivity contribution in [1.29, 1.82) is 10.5 Å². The highest BCUT2D eigenvalue weighted by molar-refractivity contribution is 6.22. The molecule has 1 aliphatic heterocycles. The van der Waals surface area contributed by atoms with Gasteiger partial charge in [0.15, 0.2) is 0 Å². The molecule has 0 saturated heterocycles. The minimum absolute atomic E-state index is 0.592. The van der Waals surface area contributed by atoms with E-state index in [0.717, 1.165) is 44.8 Å². The summed E-state index contributed by atoms with van der Waals surface area (Å²) in [5.41, 5.74) is 11.9. The standard InChI is InChI=1S/C44H28N4/c45-27-29-20-22-47-41(24-29)32-10-14-34(15-11-32)43-37-8-4-5-9-38(37)44(40-26-36(18-19-39(40)43)31-6-2-1-3-7-31)35-16-12-33(13-17-35)42-25-30(28-46)21-23-48-42/h1-20,22,24-26H,21,23H2. The van der Waals surface area contributed by atoms with Crippen LogP contribution in [0, 0.1) is 22.7 Å². The van der Waals surface area contributed by atoms with Crippen LogP contribution in [0.25, 0.3) is 66.2 Å². The van der Waals surface area contributed by atoms with Gasteiger partial charge in [-0.25, -0.2) is 0 Å². The lowest BCUT2D eigenvalue weighted by Crippen LogP contribution is -2.05. The van der Waals surface area contributed by atoms with Crippen molar-refractivity contribution < 1.29 is 0 Å². The molecule has 0 radical (unpaired) electrons. The number of aliphatic imine (C=N–C) groups is 1. The van der Waals surface area contributed by atoms with E-state index in [9.17, 15) is 10.5 Å². The van der Waals surface area contributed by atoms with Gasteiger partial charge in [0.25, 0.3) is 0 Å². The fraction of sp³-hybridized carbons (Fsp3) is 0.0455. The summed E-state index contributed by atoms with van der Waals surface area (Å²) < 4.78 is 0. The van der Waals surface area contributed by atoms with Gasteiger partial charge in [-0.15, -0.1) is 0 Å². The van der Waals surface area contributed by atoms with Crippen LogP contribution in [0.4, 0.5) is 0 Å². The van der Waals surface area contributed by atoms with E-state index < -0.39 is 0 Å². The number of nitriles is 2. The molecule has 8 rings (SSSR count). The van der Waals surface area contributed by atoms with Crippen LogP contribution < -0.4 is 0 Å². The molecule has 0 aliphatic carbocycles. The minimum atomic E-state index is 0.592. The zero-order valence-corrected chi connectivity index (χ0v) is 26.1. The Morgan fingerprint density at radius 3 is 1.79 bits per heavy atom. The van der Waals surface area contributed by atoms with E-state index in [4.69, 9.17) is 4.99 Å². The molecule has 0 fully saturated rings. The second kappa shape index (κ2) is 12.3. The van der Waals surface area contributed by atoms with Crippen LogP contribution in [0.3, 0.4) is 0 Å². The van der Waals surface area contributed by atoms with Crippen LogP contribution in [-0.4, -0.2) is 17.2 Å². The Bertz CT molecular complexity index is 2490. The Hall–Kier alpha value is -6.62. The van der Waals surface area contributed by atoms with Crippen molar-refractivity contribution in [3.63, 3.8) is 0 Å². The van der Waals surface area contributed by atoms with Crippen molar-refractivity contribution in [3.8, 4) is 56.8 Å². The van der Waals surface area contributed by atoms with Gasteiger partial charge in [0.1, 0.15) is 0 Å². The SMILES string of the molecule is N#CC1=CC(c2ccc(-c3c4ccccc4c(-c4ccc(-c5cc(C#N)ccn5)cc4)c4ccc(-c5ccccc5)cc34)cc2)=NCC1. The molecule has 0 N–H and O–H groups in total. The van der Waals surface area contributed by atoms with Crippen molar-refractivity contribution in [2.75, 3.05) is 6.54 Å². The van der Waals surface area contributed by atoms with E-state index >= 15 is 0 Å². The number of aromatic nitrogens is 1. The van der Waals surface area contributed by atoms with Crippen LogP contribution in [0.2, 0.25) is 0 Å². The van der Waals surface area contributed by atoms with Crippen molar-refractivity contribution in [3.05, 3.63) is 162 Å². The average Bonchev–Trinajstić information content (AvgIpc) is 3.17. The summed E-state index contributed by atoms with van der Waals surface area (Å²) in [6, 6.07) is 51.1. The number of allylic oxidation sites excluding steroid dienone is 1. The first-order chi connectivity index (χ1) is 23.7. The van der Waals surface area contributed by atoms with Crippen LogP contribution in [0.1, 0.15) is 17.5 Å². The predicted octanol–water partition coefficient (Wildman–Crippen LogP) is 10.6. The molecule has 0 saturated carbocycles. The first-order valence-electron chi connectivity index (χ1n) is 16.0. The lowest BCUT2D eigenvalue weighted by atomic mass is 9.84. The van der Waals surface area contributed by atoms with Crippen molar-refractivity contribution in [2.45, 2.75) is 6.42 Å². The van der Waals surface area contributed by atoms with Gasteiger partial charge >= 0.3 is 0 Å². The van der Waals surface area contributed by atoms with E-state index in [1.165, 1.54) is 38.2 Å². The average molecular weight is 613 g/mol. The summed E-state index contributed by atoms with van der Waals surface area (Å²) in [4.78, 5) is 9.21. The zero-order chi connectivity index (χ0) is 32.5. The van der Waals surface area contributed by atoms with Gasteiger partial charge in [-0.3, -0.25) is 9.98 Å².